The monoisotopic (exact) mass is 349 g/mol. The van der Waals surface area contributed by atoms with Crippen molar-refractivity contribution < 1.29 is 17.7 Å². The Labute approximate surface area is 140 Å². The predicted octanol–water partition coefficient (Wildman–Crippen LogP) is 1.67. The van der Waals surface area contributed by atoms with Gasteiger partial charge in [-0.3, -0.25) is 0 Å². The molecule has 0 spiro atoms. The van der Waals surface area contributed by atoms with Gasteiger partial charge < -0.3 is 9.26 Å². The van der Waals surface area contributed by atoms with E-state index in [-0.39, 0.29) is 23.9 Å². The Hall–Kier alpha value is -1.77. The standard InChI is InChI=1S/C16H19N3O4S/c1-11-17-16(23-18-11)14-7-13-8-19(9-15(13)22-14)24(20,21)10-12-5-3-2-4-6-12/h2-6,13-15H,7-10H2,1H3/t13-,14-,15+/m0/s1. The van der Waals surface area contributed by atoms with E-state index < -0.39 is 10.0 Å². The zero-order valence-electron chi connectivity index (χ0n) is 13.3. The molecule has 2 fully saturated rings. The maximum Gasteiger partial charge on any atom is 0.255 e. The third kappa shape index (κ3) is 2.97. The van der Waals surface area contributed by atoms with Gasteiger partial charge in [-0.1, -0.05) is 35.5 Å². The summed E-state index contributed by atoms with van der Waals surface area (Å²) >= 11 is 0. The number of fused-ring (bicyclic) bond motifs is 1. The number of nitrogens with zero attached hydrogens (tertiary/aromatic N) is 3. The molecule has 2 aliphatic rings. The van der Waals surface area contributed by atoms with Crippen molar-refractivity contribution in [2.45, 2.75) is 31.3 Å². The van der Waals surface area contributed by atoms with Crippen molar-refractivity contribution in [2.75, 3.05) is 13.1 Å². The fourth-order valence-electron chi connectivity index (χ4n) is 3.43. The molecule has 2 aliphatic heterocycles. The molecule has 128 valence electrons. The molecule has 0 saturated carbocycles. The van der Waals surface area contributed by atoms with Gasteiger partial charge in [-0.05, 0) is 18.9 Å². The Morgan fingerprint density at radius 2 is 2.04 bits per heavy atom. The zero-order valence-corrected chi connectivity index (χ0v) is 14.1. The van der Waals surface area contributed by atoms with Crippen LogP contribution in [0.15, 0.2) is 34.9 Å². The molecule has 4 rings (SSSR count). The molecule has 0 aliphatic carbocycles. The number of hydrogen-bond acceptors (Lipinski definition) is 6. The van der Waals surface area contributed by atoms with E-state index in [4.69, 9.17) is 9.26 Å². The topological polar surface area (TPSA) is 85.5 Å². The molecule has 2 aromatic rings. The second-order valence-electron chi connectivity index (χ2n) is 6.40. The van der Waals surface area contributed by atoms with E-state index in [1.807, 2.05) is 30.3 Å². The minimum absolute atomic E-state index is 0.0273. The van der Waals surface area contributed by atoms with E-state index >= 15 is 0 Å². The van der Waals surface area contributed by atoms with E-state index in [0.717, 1.165) is 5.56 Å². The van der Waals surface area contributed by atoms with Crippen LogP contribution in [0.1, 0.15) is 29.8 Å². The molecule has 0 radical (unpaired) electrons. The van der Waals surface area contributed by atoms with Crippen LogP contribution < -0.4 is 0 Å². The molecule has 7 nitrogen and oxygen atoms in total. The van der Waals surface area contributed by atoms with Crippen LogP contribution in [0.2, 0.25) is 0 Å². The Kier molecular flexibility index (Phi) is 3.90. The minimum Gasteiger partial charge on any atom is -0.363 e. The molecular weight excluding hydrogens is 330 g/mol. The van der Waals surface area contributed by atoms with Crippen LogP contribution in [-0.2, 0) is 20.5 Å². The second-order valence-corrected chi connectivity index (χ2v) is 8.37. The second kappa shape index (κ2) is 5.94. The first-order valence-corrected chi connectivity index (χ1v) is 9.59. The van der Waals surface area contributed by atoms with Crippen LogP contribution >= 0.6 is 0 Å². The number of benzene rings is 1. The van der Waals surface area contributed by atoms with Crippen LogP contribution in [-0.4, -0.2) is 42.1 Å². The van der Waals surface area contributed by atoms with Gasteiger partial charge in [0, 0.05) is 19.0 Å². The number of rotatable bonds is 4. The Bertz CT molecular complexity index is 807. The van der Waals surface area contributed by atoms with Crippen molar-refractivity contribution in [3.05, 3.63) is 47.6 Å². The Morgan fingerprint density at radius 1 is 1.25 bits per heavy atom. The fourth-order valence-corrected chi connectivity index (χ4v) is 5.02. The van der Waals surface area contributed by atoms with Crippen LogP contribution in [0.3, 0.4) is 0 Å². The maximum absolute atomic E-state index is 12.6. The first kappa shape index (κ1) is 15.7. The summed E-state index contributed by atoms with van der Waals surface area (Å²) in [7, 11) is -3.33. The van der Waals surface area contributed by atoms with Gasteiger partial charge >= 0.3 is 0 Å². The smallest absolute Gasteiger partial charge is 0.255 e. The lowest BCUT2D eigenvalue weighted by Crippen LogP contribution is -2.31. The lowest BCUT2D eigenvalue weighted by atomic mass is 10.0. The summed E-state index contributed by atoms with van der Waals surface area (Å²) in [6, 6.07) is 9.24. The molecule has 3 heterocycles. The number of sulfonamides is 1. The van der Waals surface area contributed by atoms with Gasteiger partial charge in [0.2, 0.25) is 10.0 Å². The van der Waals surface area contributed by atoms with Crippen LogP contribution in [0.4, 0.5) is 0 Å². The normalized spacial score (nSPS) is 27.5. The highest BCUT2D eigenvalue weighted by atomic mass is 32.2. The van der Waals surface area contributed by atoms with E-state index in [9.17, 15) is 8.42 Å². The van der Waals surface area contributed by atoms with Gasteiger partial charge in [-0.25, -0.2) is 8.42 Å². The van der Waals surface area contributed by atoms with Gasteiger partial charge in [0.1, 0.15) is 6.10 Å². The van der Waals surface area contributed by atoms with Gasteiger partial charge in [-0.2, -0.15) is 9.29 Å². The van der Waals surface area contributed by atoms with Crippen molar-refractivity contribution in [2.24, 2.45) is 5.92 Å². The number of hydrogen-bond donors (Lipinski definition) is 0. The molecule has 0 bridgehead atoms. The van der Waals surface area contributed by atoms with Crippen LogP contribution in [0, 0.1) is 12.8 Å². The van der Waals surface area contributed by atoms with E-state index in [1.165, 1.54) is 0 Å². The fraction of sp³-hybridized carbons (Fsp3) is 0.500. The lowest BCUT2D eigenvalue weighted by Gasteiger charge is -2.18. The summed E-state index contributed by atoms with van der Waals surface area (Å²) in [5.41, 5.74) is 0.801. The number of aryl methyl sites for hydroxylation is 1. The molecule has 2 saturated heterocycles. The van der Waals surface area contributed by atoms with Crippen molar-refractivity contribution in [3.8, 4) is 0 Å². The maximum atomic E-state index is 12.6. The van der Waals surface area contributed by atoms with Crippen molar-refractivity contribution in [1.82, 2.24) is 14.4 Å². The van der Waals surface area contributed by atoms with Gasteiger partial charge in [0.25, 0.3) is 5.89 Å². The summed E-state index contributed by atoms with van der Waals surface area (Å²) in [6.07, 6.45) is 0.386. The van der Waals surface area contributed by atoms with Crippen molar-refractivity contribution in [3.63, 3.8) is 0 Å². The first-order valence-electron chi connectivity index (χ1n) is 7.99. The molecule has 24 heavy (non-hydrogen) atoms. The summed E-state index contributed by atoms with van der Waals surface area (Å²) in [5.74, 6) is 1.27. The van der Waals surface area contributed by atoms with Gasteiger partial charge in [0.15, 0.2) is 5.82 Å². The summed E-state index contributed by atoms with van der Waals surface area (Å²) in [5, 5.41) is 3.78. The first-order chi connectivity index (χ1) is 11.5. The van der Waals surface area contributed by atoms with E-state index in [2.05, 4.69) is 10.1 Å². The summed E-state index contributed by atoms with van der Waals surface area (Å²) in [4.78, 5) is 4.21. The molecule has 1 aromatic heterocycles. The Balaban J connectivity index is 1.42. The minimum atomic E-state index is -3.33. The molecule has 0 N–H and O–H groups in total. The third-order valence-electron chi connectivity index (χ3n) is 4.61. The van der Waals surface area contributed by atoms with Crippen molar-refractivity contribution >= 4 is 10.0 Å². The molecule has 8 heteroatoms. The van der Waals surface area contributed by atoms with Gasteiger partial charge in [0.05, 0.1) is 11.9 Å². The lowest BCUT2D eigenvalue weighted by molar-refractivity contribution is 0.0251. The van der Waals surface area contributed by atoms with Crippen molar-refractivity contribution in [1.29, 1.82) is 0 Å². The molecule has 0 unspecified atom stereocenters. The average Bonchev–Trinajstić information content (AvgIpc) is 3.21. The average molecular weight is 349 g/mol. The highest BCUT2D eigenvalue weighted by Crippen LogP contribution is 2.41. The third-order valence-corrected chi connectivity index (χ3v) is 6.39. The SMILES string of the molecule is Cc1noc([C@@H]2C[C@H]3CN(S(=O)(=O)Cc4ccccc4)C[C@H]3O2)n1. The highest BCUT2D eigenvalue weighted by molar-refractivity contribution is 7.88. The summed E-state index contributed by atoms with van der Waals surface area (Å²) in [6.45, 7) is 2.65. The molecule has 0 amide bonds. The van der Waals surface area contributed by atoms with E-state index in [1.54, 1.807) is 11.2 Å². The molecule has 3 atom stereocenters. The predicted molar refractivity (Wildman–Crippen MR) is 85.4 cm³/mol. The largest absolute Gasteiger partial charge is 0.363 e. The quantitative estimate of drug-likeness (QED) is 0.835. The van der Waals surface area contributed by atoms with E-state index in [0.29, 0.717) is 31.2 Å². The van der Waals surface area contributed by atoms with Crippen LogP contribution in [0.25, 0.3) is 0 Å². The molecule has 1 aromatic carbocycles. The Morgan fingerprint density at radius 3 is 2.71 bits per heavy atom. The highest BCUT2D eigenvalue weighted by Gasteiger charge is 2.47. The number of aromatic nitrogens is 2. The summed E-state index contributed by atoms with van der Waals surface area (Å²) < 4.78 is 37.9. The van der Waals surface area contributed by atoms with Gasteiger partial charge in [-0.15, -0.1) is 0 Å². The van der Waals surface area contributed by atoms with Crippen LogP contribution in [0.5, 0.6) is 0 Å². The number of ether oxygens (including phenoxy) is 1. The zero-order chi connectivity index (χ0) is 16.7. The molecular formula is C16H19N3O4S.